The number of aromatic nitrogens is 1. The first-order valence-electron chi connectivity index (χ1n) is 6.92. The molecular formula is C16H19N3O3. The minimum Gasteiger partial charge on any atom is -0.361 e. The summed E-state index contributed by atoms with van der Waals surface area (Å²) in [5.41, 5.74) is 2.62. The van der Waals surface area contributed by atoms with Crippen LogP contribution >= 0.6 is 0 Å². The van der Waals surface area contributed by atoms with Crippen molar-refractivity contribution in [2.24, 2.45) is 0 Å². The van der Waals surface area contributed by atoms with Crippen molar-refractivity contribution in [2.75, 3.05) is 19.4 Å². The Hall–Kier alpha value is -2.63. The van der Waals surface area contributed by atoms with Crippen molar-refractivity contribution < 1.29 is 14.1 Å². The number of carbonyl (C=O) groups is 2. The van der Waals surface area contributed by atoms with E-state index in [1.54, 1.807) is 52.2 Å². The Labute approximate surface area is 129 Å². The molecule has 0 atom stereocenters. The molecule has 22 heavy (non-hydrogen) atoms. The van der Waals surface area contributed by atoms with Crippen LogP contribution in [0.1, 0.15) is 27.4 Å². The van der Waals surface area contributed by atoms with Gasteiger partial charge in [-0.25, -0.2) is 0 Å². The predicted octanol–water partition coefficient (Wildman–Crippen LogP) is 2.17. The Morgan fingerprint density at radius 3 is 2.59 bits per heavy atom. The van der Waals surface area contributed by atoms with Crippen LogP contribution in [-0.4, -0.2) is 36.0 Å². The highest BCUT2D eigenvalue weighted by atomic mass is 16.5. The topological polar surface area (TPSA) is 75.4 Å². The Morgan fingerprint density at radius 1 is 1.27 bits per heavy atom. The van der Waals surface area contributed by atoms with Gasteiger partial charge in [-0.15, -0.1) is 0 Å². The van der Waals surface area contributed by atoms with Crippen molar-refractivity contribution in [3.63, 3.8) is 0 Å². The van der Waals surface area contributed by atoms with Crippen molar-refractivity contribution in [3.05, 3.63) is 46.8 Å². The number of nitrogens with zero attached hydrogens (tertiary/aromatic N) is 2. The van der Waals surface area contributed by atoms with Gasteiger partial charge in [0.2, 0.25) is 5.91 Å². The average molecular weight is 301 g/mol. The molecule has 2 aromatic rings. The standard InChI is InChI=1S/C16H19N3O3/c1-10-14(11(2)22-18-10)9-15(20)17-13-7-5-6-12(8-13)16(21)19(3)4/h5-8H,9H2,1-4H3,(H,17,20). The lowest BCUT2D eigenvalue weighted by atomic mass is 10.1. The minimum atomic E-state index is -0.177. The third-order valence-corrected chi connectivity index (χ3v) is 3.32. The number of benzene rings is 1. The van der Waals surface area contributed by atoms with E-state index in [9.17, 15) is 9.59 Å². The van der Waals surface area contributed by atoms with E-state index in [1.807, 2.05) is 0 Å². The van der Waals surface area contributed by atoms with E-state index in [-0.39, 0.29) is 18.2 Å². The van der Waals surface area contributed by atoms with Crippen LogP contribution in [0.3, 0.4) is 0 Å². The summed E-state index contributed by atoms with van der Waals surface area (Å²) in [6, 6.07) is 6.86. The van der Waals surface area contributed by atoms with Crippen molar-refractivity contribution >= 4 is 17.5 Å². The van der Waals surface area contributed by atoms with E-state index in [0.717, 1.165) is 5.56 Å². The number of aryl methyl sites for hydroxylation is 2. The van der Waals surface area contributed by atoms with Gasteiger partial charge in [0.05, 0.1) is 12.1 Å². The molecule has 0 aliphatic rings. The number of amides is 2. The van der Waals surface area contributed by atoms with Crippen LogP contribution in [0.5, 0.6) is 0 Å². The third kappa shape index (κ3) is 3.52. The first-order valence-corrected chi connectivity index (χ1v) is 6.92. The number of hydrogen-bond acceptors (Lipinski definition) is 4. The Kier molecular flexibility index (Phi) is 4.60. The molecule has 0 aliphatic carbocycles. The number of nitrogens with one attached hydrogen (secondary N) is 1. The molecule has 0 saturated heterocycles. The fourth-order valence-electron chi connectivity index (χ4n) is 2.11. The highest BCUT2D eigenvalue weighted by molar-refractivity contribution is 5.97. The summed E-state index contributed by atoms with van der Waals surface area (Å²) in [5.74, 6) is 0.356. The molecule has 0 saturated carbocycles. The normalized spacial score (nSPS) is 10.4. The molecule has 2 amide bonds. The SMILES string of the molecule is Cc1noc(C)c1CC(=O)Nc1cccc(C(=O)N(C)C)c1. The highest BCUT2D eigenvalue weighted by Crippen LogP contribution is 2.15. The van der Waals surface area contributed by atoms with E-state index < -0.39 is 0 Å². The van der Waals surface area contributed by atoms with Crippen LogP contribution in [0.25, 0.3) is 0 Å². The molecule has 1 aromatic heterocycles. The zero-order chi connectivity index (χ0) is 16.3. The van der Waals surface area contributed by atoms with Gasteiger partial charge in [0.25, 0.3) is 5.91 Å². The third-order valence-electron chi connectivity index (χ3n) is 3.32. The lowest BCUT2D eigenvalue weighted by Gasteiger charge is -2.11. The van der Waals surface area contributed by atoms with E-state index in [1.165, 1.54) is 4.90 Å². The van der Waals surface area contributed by atoms with Gasteiger partial charge in [0, 0.05) is 30.9 Å². The zero-order valence-corrected chi connectivity index (χ0v) is 13.1. The molecule has 0 spiro atoms. The van der Waals surface area contributed by atoms with Crippen LogP contribution in [0.4, 0.5) is 5.69 Å². The van der Waals surface area contributed by atoms with Crippen molar-refractivity contribution in [2.45, 2.75) is 20.3 Å². The number of carbonyl (C=O) groups excluding carboxylic acids is 2. The van der Waals surface area contributed by atoms with Crippen LogP contribution in [0, 0.1) is 13.8 Å². The van der Waals surface area contributed by atoms with Gasteiger partial charge in [-0.05, 0) is 32.0 Å². The second-order valence-corrected chi connectivity index (χ2v) is 5.31. The molecule has 0 bridgehead atoms. The smallest absolute Gasteiger partial charge is 0.253 e. The summed E-state index contributed by atoms with van der Waals surface area (Å²) in [4.78, 5) is 25.5. The summed E-state index contributed by atoms with van der Waals surface area (Å²) >= 11 is 0. The maximum atomic E-state index is 12.1. The monoisotopic (exact) mass is 301 g/mol. The predicted molar refractivity (Wildman–Crippen MR) is 82.8 cm³/mol. The fourth-order valence-corrected chi connectivity index (χ4v) is 2.11. The lowest BCUT2D eigenvalue weighted by molar-refractivity contribution is -0.115. The van der Waals surface area contributed by atoms with E-state index in [4.69, 9.17) is 4.52 Å². The van der Waals surface area contributed by atoms with Gasteiger partial charge >= 0.3 is 0 Å². The number of anilines is 1. The molecule has 0 radical (unpaired) electrons. The van der Waals surface area contributed by atoms with Crippen LogP contribution in [-0.2, 0) is 11.2 Å². The van der Waals surface area contributed by atoms with Gasteiger partial charge in [-0.1, -0.05) is 11.2 Å². The average Bonchev–Trinajstić information content (AvgIpc) is 2.78. The van der Waals surface area contributed by atoms with E-state index >= 15 is 0 Å². The van der Waals surface area contributed by atoms with Crippen LogP contribution in [0.2, 0.25) is 0 Å². The van der Waals surface area contributed by atoms with Gasteiger partial charge < -0.3 is 14.7 Å². The second-order valence-electron chi connectivity index (χ2n) is 5.31. The summed E-state index contributed by atoms with van der Waals surface area (Å²) in [7, 11) is 3.37. The first-order chi connectivity index (χ1) is 10.4. The van der Waals surface area contributed by atoms with Crippen molar-refractivity contribution in [1.29, 1.82) is 0 Å². The summed E-state index contributed by atoms with van der Waals surface area (Å²) in [5, 5.41) is 6.62. The lowest BCUT2D eigenvalue weighted by Crippen LogP contribution is -2.22. The van der Waals surface area contributed by atoms with Gasteiger partial charge in [-0.2, -0.15) is 0 Å². The Bertz CT molecular complexity index is 685. The molecule has 1 heterocycles. The maximum absolute atomic E-state index is 12.1. The van der Waals surface area contributed by atoms with E-state index in [2.05, 4.69) is 10.5 Å². The summed E-state index contributed by atoms with van der Waals surface area (Å²) < 4.78 is 5.04. The molecule has 0 fully saturated rings. The maximum Gasteiger partial charge on any atom is 0.253 e. The van der Waals surface area contributed by atoms with Gasteiger partial charge in [0.15, 0.2) is 0 Å². The minimum absolute atomic E-state index is 0.109. The van der Waals surface area contributed by atoms with Crippen LogP contribution < -0.4 is 5.32 Å². The number of rotatable bonds is 4. The molecule has 6 heteroatoms. The van der Waals surface area contributed by atoms with E-state index in [0.29, 0.717) is 22.7 Å². The molecule has 116 valence electrons. The number of hydrogen-bond donors (Lipinski definition) is 1. The summed E-state index contributed by atoms with van der Waals surface area (Å²) in [6.45, 7) is 3.58. The Morgan fingerprint density at radius 2 is 2.00 bits per heavy atom. The van der Waals surface area contributed by atoms with Crippen molar-refractivity contribution in [1.82, 2.24) is 10.1 Å². The molecule has 6 nitrogen and oxygen atoms in total. The van der Waals surface area contributed by atoms with Crippen LogP contribution in [0.15, 0.2) is 28.8 Å². The highest BCUT2D eigenvalue weighted by Gasteiger charge is 2.14. The molecule has 0 aliphatic heterocycles. The van der Waals surface area contributed by atoms with Crippen molar-refractivity contribution in [3.8, 4) is 0 Å². The molecule has 2 rings (SSSR count). The first kappa shape index (κ1) is 15.8. The Balaban J connectivity index is 2.09. The molecule has 1 aromatic carbocycles. The second kappa shape index (κ2) is 6.43. The zero-order valence-electron chi connectivity index (χ0n) is 13.1. The molecular weight excluding hydrogens is 282 g/mol. The van der Waals surface area contributed by atoms with Gasteiger partial charge in [0.1, 0.15) is 5.76 Å². The molecule has 0 unspecified atom stereocenters. The largest absolute Gasteiger partial charge is 0.361 e. The quantitative estimate of drug-likeness (QED) is 0.939. The fraction of sp³-hybridized carbons (Fsp3) is 0.312. The molecule has 1 N–H and O–H groups in total. The summed E-state index contributed by atoms with van der Waals surface area (Å²) in [6.07, 6.45) is 0.188. The van der Waals surface area contributed by atoms with Gasteiger partial charge in [-0.3, -0.25) is 9.59 Å².